The molecule has 0 bridgehead atoms. The van der Waals surface area contributed by atoms with Crippen molar-refractivity contribution in [1.82, 2.24) is 16.2 Å². The monoisotopic (exact) mass is 841 g/mol. The van der Waals surface area contributed by atoms with Gasteiger partial charge in [0.25, 0.3) is 0 Å². The molecule has 0 aliphatic carbocycles. The van der Waals surface area contributed by atoms with Gasteiger partial charge in [0.2, 0.25) is 11.8 Å². The zero-order valence-electron chi connectivity index (χ0n) is 34.1. The topological polar surface area (TPSA) is 281 Å². The standard InChI is InChI=1S/C22H27N3O5.C21H24N4O6/c26-14-6-2-1-5-13-23-21(28)12-9-16-15-17(10-11-20(16)27)24-25-19-8-4-3-7-18(19)22(29)30;1-21(2,3)31-20(30)25-24-18(27)11-8-13-12-14(9-10-17(13)26)22-23-16-7-5-4-6-15(16)19(28)29/h3-4,7-8,10-11,15,26-27H,1-2,5-6,9,12-14H2,(H,23,28)(H,29,30);4-7,9-10,12,26H,8,11H2,1-3H3,(H,24,27)(H,25,30)(H,28,29). The molecule has 0 aromatic heterocycles. The number of aromatic hydroxyl groups is 2. The Labute approximate surface area is 352 Å². The lowest BCUT2D eigenvalue weighted by molar-refractivity contribution is -0.122. The number of aryl methyl sites for hydroxylation is 2. The predicted octanol–water partition coefficient (Wildman–Crippen LogP) is 8.10. The number of unbranched alkanes of at least 4 members (excludes halogenated alkanes) is 3. The number of aliphatic hydroxyl groups is 1. The fourth-order valence-corrected chi connectivity index (χ4v) is 5.27. The Morgan fingerprint density at radius 3 is 1.56 bits per heavy atom. The molecule has 4 aromatic carbocycles. The molecule has 0 aliphatic rings. The molecule has 3 amide bonds. The van der Waals surface area contributed by atoms with Crippen molar-refractivity contribution < 1.29 is 54.2 Å². The summed E-state index contributed by atoms with van der Waals surface area (Å²) in [6.07, 6.45) is 3.48. The molecule has 0 aliphatic heterocycles. The van der Waals surface area contributed by atoms with Crippen LogP contribution in [0.2, 0.25) is 0 Å². The first kappa shape index (κ1) is 48.2. The summed E-state index contributed by atoms with van der Waals surface area (Å²) in [4.78, 5) is 57.9. The van der Waals surface area contributed by atoms with Crippen LogP contribution >= 0.6 is 0 Å². The van der Waals surface area contributed by atoms with Crippen LogP contribution in [0.25, 0.3) is 0 Å². The van der Waals surface area contributed by atoms with Crippen molar-refractivity contribution >= 4 is 52.6 Å². The van der Waals surface area contributed by atoms with Crippen LogP contribution < -0.4 is 16.2 Å². The van der Waals surface area contributed by atoms with Crippen molar-refractivity contribution in [2.75, 3.05) is 13.2 Å². The van der Waals surface area contributed by atoms with Crippen LogP contribution in [0.1, 0.15) is 91.1 Å². The van der Waals surface area contributed by atoms with Crippen LogP contribution in [0.4, 0.5) is 27.5 Å². The van der Waals surface area contributed by atoms with Gasteiger partial charge in [-0.2, -0.15) is 10.2 Å². The van der Waals surface area contributed by atoms with Crippen molar-refractivity contribution in [2.24, 2.45) is 20.5 Å². The van der Waals surface area contributed by atoms with Crippen molar-refractivity contribution in [3.8, 4) is 11.5 Å². The van der Waals surface area contributed by atoms with Gasteiger partial charge in [-0.15, -0.1) is 10.2 Å². The fraction of sp³-hybridized carbons (Fsp3) is 0.326. The molecule has 18 heteroatoms. The van der Waals surface area contributed by atoms with Gasteiger partial charge in [0.05, 0.1) is 22.5 Å². The average Bonchev–Trinajstić information content (AvgIpc) is 3.22. The predicted molar refractivity (Wildman–Crippen MR) is 224 cm³/mol. The molecule has 8 N–H and O–H groups in total. The van der Waals surface area contributed by atoms with Gasteiger partial charge in [0, 0.05) is 26.0 Å². The van der Waals surface area contributed by atoms with Crippen LogP contribution in [-0.4, -0.2) is 74.1 Å². The Morgan fingerprint density at radius 2 is 1.08 bits per heavy atom. The first-order chi connectivity index (χ1) is 29.1. The molecule has 0 spiro atoms. The number of carbonyl (C=O) groups excluding carboxylic acids is 3. The van der Waals surface area contributed by atoms with E-state index in [-0.39, 0.29) is 65.8 Å². The number of aliphatic hydroxyl groups excluding tert-OH is 1. The van der Waals surface area contributed by atoms with Gasteiger partial charge in [-0.25, -0.2) is 19.8 Å². The van der Waals surface area contributed by atoms with Gasteiger partial charge >= 0.3 is 18.0 Å². The maximum absolute atomic E-state index is 12.0. The number of phenolic OH excluding ortho intramolecular Hbond substituents is 2. The van der Waals surface area contributed by atoms with Crippen LogP contribution in [0.3, 0.4) is 0 Å². The molecule has 4 rings (SSSR count). The summed E-state index contributed by atoms with van der Waals surface area (Å²) < 4.78 is 5.01. The summed E-state index contributed by atoms with van der Waals surface area (Å²) in [5.41, 5.74) is 6.01. The minimum absolute atomic E-state index is 0.0133. The number of azo groups is 2. The van der Waals surface area contributed by atoms with E-state index in [9.17, 15) is 44.4 Å². The Hall–Kier alpha value is -7.21. The number of ether oxygens (including phenoxy) is 1. The van der Waals surface area contributed by atoms with Gasteiger partial charge < -0.3 is 35.6 Å². The number of carboxylic acid groups (broad SMARTS) is 2. The van der Waals surface area contributed by atoms with Gasteiger partial charge in [0.1, 0.15) is 28.5 Å². The Balaban J connectivity index is 0.000000325. The van der Waals surface area contributed by atoms with E-state index in [4.69, 9.17) is 9.84 Å². The van der Waals surface area contributed by atoms with Gasteiger partial charge in [0.15, 0.2) is 0 Å². The number of rotatable bonds is 18. The number of phenols is 2. The third-order valence-electron chi connectivity index (χ3n) is 8.29. The number of hydrogen-bond acceptors (Lipinski definition) is 13. The van der Waals surface area contributed by atoms with E-state index in [1.807, 2.05) is 0 Å². The molecule has 0 fully saturated rings. The molecular weight excluding hydrogens is 791 g/mol. The minimum atomic E-state index is -1.12. The summed E-state index contributed by atoms with van der Waals surface area (Å²) in [6, 6.07) is 21.6. The maximum atomic E-state index is 12.0. The van der Waals surface area contributed by atoms with Crippen LogP contribution in [0.5, 0.6) is 11.5 Å². The first-order valence-electron chi connectivity index (χ1n) is 19.3. The van der Waals surface area contributed by atoms with E-state index in [0.29, 0.717) is 35.5 Å². The number of hydrazine groups is 1. The number of aromatic carboxylic acids is 2. The Kier molecular flexibility index (Phi) is 19.5. The van der Waals surface area contributed by atoms with Crippen molar-refractivity contribution in [1.29, 1.82) is 0 Å². The molecule has 324 valence electrons. The lowest BCUT2D eigenvalue weighted by Crippen LogP contribution is -2.44. The second-order valence-corrected chi connectivity index (χ2v) is 14.3. The molecule has 0 heterocycles. The fourth-order valence-electron chi connectivity index (χ4n) is 5.27. The minimum Gasteiger partial charge on any atom is -0.508 e. The van der Waals surface area contributed by atoms with E-state index in [1.54, 1.807) is 63.2 Å². The number of hydrogen-bond donors (Lipinski definition) is 8. The molecule has 0 atom stereocenters. The first-order valence-corrected chi connectivity index (χ1v) is 19.3. The molecule has 0 radical (unpaired) electrons. The largest absolute Gasteiger partial charge is 0.508 e. The molecule has 0 saturated carbocycles. The molecule has 0 saturated heterocycles. The van der Waals surface area contributed by atoms with Gasteiger partial charge in [-0.05, 0) is 118 Å². The van der Waals surface area contributed by atoms with E-state index in [2.05, 4.69) is 36.6 Å². The van der Waals surface area contributed by atoms with E-state index in [1.165, 1.54) is 42.5 Å². The number of carbonyl (C=O) groups is 5. The number of carboxylic acids is 2. The number of amides is 3. The summed E-state index contributed by atoms with van der Waals surface area (Å²) in [6.45, 7) is 5.87. The van der Waals surface area contributed by atoms with Crippen molar-refractivity contribution in [2.45, 2.75) is 77.7 Å². The Morgan fingerprint density at radius 1 is 0.607 bits per heavy atom. The highest BCUT2D eigenvalue weighted by Crippen LogP contribution is 2.29. The van der Waals surface area contributed by atoms with Crippen LogP contribution in [0, 0.1) is 0 Å². The van der Waals surface area contributed by atoms with E-state index < -0.39 is 29.5 Å². The number of nitrogens with one attached hydrogen (secondary N) is 3. The molecule has 61 heavy (non-hydrogen) atoms. The van der Waals surface area contributed by atoms with Crippen molar-refractivity contribution in [3.05, 3.63) is 107 Å². The zero-order valence-corrected chi connectivity index (χ0v) is 34.1. The highest BCUT2D eigenvalue weighted by atomic mass is 16.6. The summed E-state index contributed by atoms with van der Waals surface area (Å²) in [5.74, 6) is -2.75. The zero-order chi connectivity index (χ0) is 44.8. The van der Waals surface area contributed by atoms with E-state index >= 15 is 0 Å². The number of benzene rings is 4. The van der Waals surface area contributed by atoms with Crippen LogP contribution in [0.15, 0.2) is 105 Å². The quantitative estimate of drug-likeness (QED) is 0.0269. The third-order valence-corrected chi connectivity index (χ3v) is 8.29. The number of nitrogens with zero attached hydrogens (tertiary/aromatic N) is 4. The van der Waals surface area contributed by atoms with Gasteiger partial charge in [-0.3, -0.25) is 15.0 Å². The van der Waals surface area contributed by atoms with Crippen LogP contribution in [-0.2, 0) is 27.2 Å². The summed E-state index contributed by atoms with van der Waals surface area (Å²) in [7, 11) is 0. The van der Waals surface area contributed by atoms with Crippen molar-refractivity contribution in [3.63, 3.8) is 0 Å². The molecule has 0 unspecified atom stereocenters. The molecular formula is C43H51N7O11. The lowest BCUT2D eigenvalue weighted by atomic mass is 10.1. The summed E-state index contributed by atoms with van der Waals surface area (Å²) in [5, 5.41) is 66.1. The second kappa shape index (κ2) is 24.7. The molecule has 4 aromatic rings. The summed E-state index contributed by atoms with van der Waals surface area (Å²) >= 11 is 0. The Bertz CT molecular complexity index is 2190. The highest BCUT2D eigenvalue weighted by molar-refractivity contribution is 5.93. The average molecular weight is 842 g/mol. The van der Waals surface area contributed by atoms with E-state index in [0.717, 1.165) is 25.7 Å². The van der Waals surface area contributed by atoms with Gasteiger partial charge in [-0.1, -0.05) is 37.1 Å². The lowest BCUT2D eigenvalue weighted by Gasteiger charge is -2.19. The smallest absolute Gasteiger partial charge is 0.426 e. The second-order valence-electron chi connectivity index (χ2n) is 14.3. The molecule has 18 nitrogen and oxygen atoms in total. The SMILES string of the molecule is CC(C)(C)OC(=O)NNC(=O)CCc1cc(N=Nc2ccccc2C(=O)O)ccc1O.O=C(CCc1cc(N=Nc2ccccc2C(=O)O)ccc1O)NCCCCCCO. The highest BCUT2D eigenvalue weighted by Gasteiger charge is 2.17. The maximum Gasteiger partial charge on any atom is 0.426 e. The normalized spacial score (nSPS) is 11.1. The third kappa shape index (κ3) is 18.1.